The van der Waals surface area contributed by atoms with E-state index >= 15 is 0 Å². The molecule has 1 fully saturated rings. The second-order valence-corrected chi connectivity index (χ2v) is 6.99. The van der Waals surface area contributed by atoms with Gasteiger partial charge in [0.1, 0.15) is 12.4 Å². The van der Waals surface area contributed by atoms with Crippen LogP contribution in [0, 0.1) is 12.8 Å². The van der Waals surface area contributed by atoms with Crippen LogP contribution in [0.15, 0.2) is 54.6 Å². The highest BCUT2D eigenvalue weighted by atomic mass is 16.5. The van der Waals surface area contributed by atoms with Crippen LogP contribution in [-0.4, -0.2) is 37.0 Å². The third kappa shape index (κ3) is 5.60. The molecule has 4 heteroatoms. The number of nitrogens with zero attached hydrogens (tertiary/aromatic N) is 1. The van der Waals surface area contributed by atoms with Gasteiger partial charge in [-0.3, -0.25) is 9.69 Å². The van der Waals surface area contributed by atoms with E-state index in [-0.39, 0.29) is 11.8 Å². The largest absolute Gasteiger partial charge is 0.492 e. The third-order valence-corrected chi connectivity index (χ3v) is 4.86. The Kier molecular flexibility index (Phi) is 6.67. The average molecular weight is 352 g/mol. The number of likely N-dealkylation sites (tertiary alicyclic amines) is 1. The number of carbonyl (C=O) groups excluding carboxylic acids is 1. The van der Waals surface area contributed by atoms with Gasteiger partial charge < -0.3 is 10.1 Å². The molecule has 0 spiro atoms. The molecular formula is C22H28N2O2. The molecule has 0 aliphatic carbocycles. The van der Waals surface area contributed by atoms with Crippen LogP contribution in [0.25, 0.3) is 0 Å². The lowest BCUT2D eigenvalue weighted by atomic mass is 9.95. The lowest BCUT2D eigenvalue weighted by molar-refractivity contribution is -0.126. The molecule has 0 bridgehead atoms. The number of rotatable bonds is 7. The van der Waals surface area contributed by atoms with Gasteiger partial charge in [0.25, 0.3) is 0 Å². The zero-order valence-corrected chi connectivity index (χ0v) is 15.5. The van der Waals surface area contributed by atoms with Crippen molar-refractivity contribution in [3.8, 4) is 5.75 Å². The molecule has 0 unspecified atom stereocenters. The summed E-state index contributed by atoms with van der Waals surface area (Å²) in [5.41, 5.74) is 2.65. The van der Waals surface area contributed by atoms with Crippen LogP contribution >= 0.6 is 0 Å². The fourth-order valence-electron chi connectivity index (χ4n) is 3.43. The molecule has 1 N–H and O–H groups in total. The van der Waals surface area contributed by atoms with Crippen molar-refractivity contribution in [2.75, 3.05) is 26.2 Å². The number of aryl methyl sites for hydroxylation is 1. The molecule has 138 valence electrons. The second-order valence-electron chi connectivity index (χ2n) is 6.99. The van der Waals surface area contributed by atoms with Crippen LogP contribution in [0.3, 0.4) is 0 Å². The Morgan fingerprint density at radius 3 is 2.62 bits per heavy atom. The monoisotopic (exact) mass is 352 g/mol. The highest BCUT2D eigenvalue weighted by molar-refractivity contribution is 5.78. The van der Waals surface area contributed by atoms with Gasteiger partial charge >= 0.3 is 0 Å². The van der Waals surface area contributed by atoms with E-state index in [1.54, 1.807) is 0 Å². The molecule has 1 heterocycles. The molecular weight excluding hydrogens is 324 g/mol. The van der Waals surface area contributed by atoms with Crippen molar-refractivity contribution in [2.24, 2.45) is 5.92 Å². The molecule has 1 saturated heterocycles. The van der Waals surface area contributed by atoms with Gasteiger partial charge in [-0.2, -0.15) is 0 Å². The molecule has 0 saturated carbocycles. The fourth-order valence-corrected chi connectivity index (χ4v) is 3.43. The summed E-state index contributed by atoms with van der Waals surface area (Å²) in [6.07, 6.45) is 1.86. The van der Waals surface area contributed by atoms with Crippen LogP contribution in [0.5, 0.6) is 5.75 Å². The van der Waals surface area contributed by atoms with Crippen LogP contribution < -0.4 is 10.1 Å². The number of nitrogens with one attached hydrogen (secondary N) is 1. The van der Waals surface area contributed by atoms with Gasteiger partial charge in [0.15, 0.2) is 0 Å². The van der Waals surface area contributed by atoms with Gasteiger partial charge in [0, 0.05) is 12.5 Å². The van der Waals surface area contributed by atoms with Gasteiger partial charge in [-0.25, -0.2) is 0 Å². The maximum atomic E-state index is 12.3. The van der Waals surface area contributed by atoms with Crippen molar-refractivity contribution < 1.29 is 9.53 Å². The van der Waals surface area contributed by atoms with Gasteiger partial charge in [-0.05, 0) is 50.6 Å². The first kappa shape index (κ1) is 18.5. The number of para-hydroxylation sites is 1. The van der Waals surface area contributed by atoms with E-state index < -0.39 is 0 Å². The average Bonchev–Trinajstić information content (AvgIpc) is 2.66. The topological polar surface area (TPSA) is 41.6 Å². The number of ether oxygens (including phenoxy) is 1. The van der Waals surface area contributed by atoms with Crippen LogP contribution in [0.1, 0.15) is 24.0 Å². The van der Waals surface area contributed by atoms with E-state index in [0.717, 1.165) is 38.2 Å². The van der Waals surface area contributed by atoms with E-state index in [1.807, 2.05) is 30.3 Å². The van der Waals surface area contributed by atoms with Crippen molar-refractivity contribution in [3.63, 3.8) is 0 Å². The van der Waals surface area contributed by atoms with E-state index in [0.29, 0.717) is 13.2 Å². The summed E-state index contributed by atoms with van der Waals surface area (Å²) in [6, 6.07) is 18.3. The summed E-state index contributed by atoms with van der Waals surface area (Å²) in [5.74, 6) is 1.13. The van der Waals surface area contributed by atoms with Gasteiger partial charge in [-0.15, -0.1) is 0 Å². The minimum atomic E-state index is 0.125. The van der Waals surface area contributed by atoms with Crippen molar-refractivity contribution in [3.05, 3.63) is 65.7 Å². The van der Waals surface area contributed by atoms with Crippen LogP contribution in [0.4, 0.5) is 0 Å². The Balaban J connectivity index is 1.34. The summed E-state index contributed by atoms with van der Waals surface area (Å²) in [7, 11) is 0. The molecule has 1 aliphatic heterocycles. The van der Waals surface area contributed by atoms with Crippen LogP contribution in [0.2, 0.25) is 0 Å². The number of hydrogen-bond donors (Lipinski definition) is 1. The molecule has 3 rings (SSSR count). The molecule has 0 atom stereocenters. The normalized spacial score (nSPS) is 15.6. The Labute approximate surface area is 156 Å². The number of piperidine rings is 1. The Bertz CT molecular complexity index is 694. The van der Waals surface area contributed by atoms with Gasteiger partial charge in [-0.1, -0.05) is 48.0 Å². The first-order valence-corrected chi connectivity index (χ1v) is 9.44. The molecule has 26 heavy (non-hydrogen) atoms. The van der Waals surface area contributed by atoms with Crippen LogP contribution in [-0.2, 0) is 11.3 Å². The van der Waals surface area contributed by atoms with Crippen molar-refractivity contribution in [2.45, 2.75) is 26.3 Å². The molecule has 2 aromatic carbocycles. The zero-order chi connectivity index (χ0) is 18.2. The number of carbonyl (C=O) groups is 1. The third-order valence-electron chi connectivity index (χ3n) is 4.86. The second kappa shape index (κ2) is 9.39. The minimum absolute atomic E-state index is 0.125. The first-order valence-electron chi connectivity index (χ1n) is 9.44. The smallest absolute Gasteiger partial charge is 0.223 e. The number of benzene rings is 2. The van der Waals surface area contributed by atoms with Crippen molar-refractivity contribution in [1.29, 1.82) is 0 Å². The molecule has 0 radical (unpaired) electrons. The standard InChI is InChI=1S/C22H28N2O2/c1-18-6-5-7-19(16-18)17-24-13-10-20(11-14-24)22(25)23-12-15-26-21-8-3-2-4-9-21/h2-9,16,20H,10-15,17H2,1H3,(H,23,25). The maximum Gasteiger partial charge on any atom is 0.223 e. The summed E-state index contributed by atoms with van der Waals surface area (Å²) in [6.45, 7) is 6.11. The SMILES string of the molecule is Cc1cccc(CN2CCC(C(=O)NCCOc3ccccc3)CC2)c1. The highest BCUT2D eigenvalue weighted by Crippen LogP contribution is 2.19. The molecule has 0 aromatic heterocycles. The predicted molar refractivity (Wildman–Crippen MR) is 104 cm³/mol. The van der Waals surface area contributed by atoms with Gasteiger partial charge in [0.05, 0.1) is 6.54 Å². The number of hydrogen-bond acceptors (Lipinski definition) is 3. The minimum Gasteiger partial charge on any atom is -0.492 e. The number of amides is 1. The summed E-state index contributed by atoms with van der Waals surface area (Å²) < 4.78 is 5.61. The summed E-state index contributed by atoms with van der Waals surface area (Å²) in [5, 5.41) is 3.01. The highest BCUT2D eigenvalue weighted by Gasteiger charge is 2.24. The first-order chi connectivity index (χ1) is 12.7. The van der Waals surface area contributed by atoms with Gasteiger partial charge in [0.2, 0.25) is 5.91 Å². The maximum absolute atomic E-state index is 12.3. The van der Waals surface area contributed by atoms with E-state index in [1.165, 1.54) is 11.1 Å². The quantitative estimate of drug-likeness (QED) is 0.777. The van der Waals surface area contributed by atoms with E-state index in [9.17, 15) is 4.79 Å². The molecule has 1 amide bonds. The molecule has 4 nitrogen and oxygen atoms in total. The Hall–Kier alpha value is -2.33. The fraction of sp³-hybridized carbons (Fsp3) is 0.409. The summed E-state index contributed by atoms with van der Waals surface area (Å²) in [4.78, 5) is 14.8. The van der Waals surface area contributed by atoms with Crippen molar-refractivity contribution in [1.82, 2.24) is 10.2 Å². The Morgan fingerprint density at radius 2 is 1.88 bits per heavy atom. The lowest BCUT2D eigenvalue weighted by Gasteiger charge is -2.31. The predicted octanol–water partition coefficient (Wildman–Crippen LogP) is 3.40. The summed E-state index contributed by atoms with van der Waals surface area (Å²) >= 11 is 0. The Morgan fingerprint density at radius 1 is 1.12 bits per heavy atom. The van der Waals surface area contributed by atoms with E-state index in [2.05, 4.69) is 41.4 Å². The van der Waals surface area contributed by atoms with Crippen molar-refractivity contribution >= 4 is 5.91 Å². The molecule has 1 aliphatic rings. The lowest BCUT2D eigenvalue weighted by Crippen LogP contribution is -2.41. The molecule has 2 aromatic rings. The zero-order valence-electron chi connectivity index (χ0n) is 15.5. The van der Waals surface area contributed by atoms with E-state index in [4.69, 9.17) is 4.74 Å².